The normalized spacial score (nSPS) is 15.9. The molecule has 1 aliphatic rings. The van der Waals surface area contributed by atoms with Crippen LogP contribution in [0.15, 0.2) is 24.4 Å². The highest BCUT2D eigenvalue weighted by Crippen LogP contribution is 2.23. The zero-order valence-corrected chi connectivity index (χ0v) is 12.2. The monoisotopic (exact) mass is 286 g/mol. The van der Waals surface area contributed by atoms with Gasteiger partial charge in [0, 0.05) is 19.6 Å². The van der Waals surface area contributed by atoms with Crippen LogP contribution in [-0.4, -0.2) is 44.1 Å². The number of carbonyl (C=O) groups is 1. The minimum absolute atomic E-state index is 0.00255. The molecular weight excluding hydrogens is 268 g/mol. The summed E-state index contributed by atoms with van der Waals surface area (Å²) in [5.41, 5.74) is 3.88. The molecule has 1 fully saturated rings. The predicted molar refractivity (Wildman–Crippen MR) is 77.2 cm³/mol. The fourth-order valence-corrected chi connectivity index (χ4v) is 2.81. The molecule has 1 aromatic carbocycles. The van der Waals surface area contributed by atoms with Gasteiger partial charge in [-0.15, -0.1) is 5.10 Å². The molecule has 0 atom stereocenters. The number of hydrogen-bond acceptors (Lipinski definition) is 4. The number of aromatic carboxylic acids is 1. The van der Waals surface area contributed by atoms with Gasteiger partial charge in [0.05, 0.1) is 12.2 Å². The van der Waals surface area contributed by atoms with Crippen molar-refractivity contribution >= 4 is 5.97 Å². The molecule has 0 radical (unpaired) electrons. The Hall–Kier alpha value is -2.21. The molecule has 1 aromatic heterocycles. The molecule has 0 amide bonds. The minimum atomic E-state index is -1.03. The van der Waals surface area contributed by atoms with Crippen molar-refractivity contribution in [2.24, 2.45) is 0 Å². The van der Waals surface area contributed by atoms with E-state index >= 15 is 0 Å². The van der Waals surface area contributed by atoms with Gasteiger partial charge < -0.3 is 5.11 Å². The van der Waals surface area contributed by atoms with Gasteiger partial charge in [-0.25, -0.2) is 9.48 Å². The van der Waals surface area contributed by atoms with E-state index in [4.69, 9.17) is 5.11 Å². The van der Waals surface area contributed by atoms with E-state index in [0.29, 0.717) is 0 Å². The standard InChI is InChI=1S/C15H18N4O2/c1-10-3-11(2)5-12(4-10)6-18-7-13(8-18)19-9-14(15(20)21)16-17-19/h3-5,9,13H,6-8H2,1-2H3,(H,20,21). The second-order valence-corrected chi connectivity index (χ2v) is 5.73. The summed E-state index contributed by atoms with van der Waals surface area (Å²) in [4.78, 5) is 13.1. The second kappa shape index (κ2) is 5.29. The Kier molecular flexibility index (Phi) is 3.47. The first-order valence-electron chi connectivity index (χ1n) is 6.96. The van der Waals surface area contributed by atoms with Gasteiger partial charge in [-0.1, -0.05) is 34.5 Å². The Bertz CT molecular complexity index is 654. The average molecular weight is 286 g/mol. The average Bonchev–Trinajstić information content (AvgIpc) is 2.81. The third-order valence-corrected chi connectivity index (χ3v) is 3.73. The fourth-order valence-electron chi connectivity index (χ4n) is 2.81. The molecule has 1 N–H and O–H groups in total. The maximum atomic E-state index is 10.8. The van der Waals surface area contributed by atoms with Gasteiger partial charge in [-0.3, -0.25) is 4.90 Å². The van der Waals surface area contributed by atoms with Crippen LogP contribution in [0.3, 0.4) is 0 Å². The number of likely N-dealkylation sites (tertiary alicyclic amines) is 1. The summed E-state index contributed by atoms with van der Waals surface area (Å²) in [6.07, 6.45) is 1.50. The van der Waals surface area contributed by atoms with Gasteiger partial charge in [0.15, 0.2) is 5.69 Å². The first kappa shape index (κ1) is 13.8. The highest BCUT2D eigenvalue weighted by molar-refractivity contribution is 5.84. The molecule has 0 spiro atoms. The van der Waals surface area contributed by atoms with Crippen LogP contribution in [0.25, 0.3) is 0 Å². The summed E-state index contributed by atoms with van der Waals surface area (Å²) in [6.45, 7) is 6.88. The zero-order chi connectivity index (χ0) is 15.0. The van der Waals surface area contributed by atoms with E-state index in [9.17, 15) is 4.79 Å². The molecule has 0 aliphatic carbocycles. The highest BCUT2D eigenvalue weighted by Gasteiger charge is 2.29. The first-order chi connectivity index (χ1) is 10.0. The molecule has 0 saturated carbocycles. The maximum absolute atomic E-state index is 10.8. The minimum Gasteiger partial charge on any atom is -0.476 e. The van der Waals surface area contributed by atoms with Crippen LogP contribution in [0.2, 0.25) is 0 Å². The number of aromatic nitrogens is 3. The van der Waals surface area contributed by atoms with Crippen LogP contribution in [0.1, 0.15) is 33.2 Å². The number of aryl methyl sites for hydroxylation is 2. The Morgan fingerprint density at radius 2 is 1.95 bits per heavy atom. The largest absolute Gasteiger partial charge is 0.476 e. The predicted octanol–water partition coefficient (Wildman–Crippen LogP) is 1.65. The Morgan fingerprint density at radius 3 is 2.52 bits per heavy atom. The third-order valence-electron chi connectivity index (χ3n) is 3.73. The molecule has 2 aromatic rings. The van der Waals surface area contributed by atoms with E-state index in [1.165, 1.54) is 22.9 Å². The topological polar surface area (TPSA) is 71.2 Å². The third kappa shape index (κ3) is 2.95. The van der Waals surface area contributed by atoms with Crippen LogP contribution in [-0.2, 0) is 6.54 Å². The van der Waals surface area contributed by atoms with Crippen molar-refractivity contribution in [3.05, 3.63) is 46.8 Å². The quantitative estimate of drug-likeness (QED) is 0.925. The number of carboxylic acid groups (broad SMARTS) is 1. The van der Waals surface area contributed by atoms with Gasteiger partial charge in [0.2, 0.25) is 0 Å². The van der Waals surface area contributed by atoms with Gasteiger partial charge in [-0.2, -0.15) is 0 Å². The van der Waals surface area contributed by atoms with Crippen molar-refractivity contribution in [2.75, 3.05) is 13.1 Å². The Morgan fingerprint density at radius 1 is 1.29 bits per heavy atom. The fraction of sp³-hybridized carbons (Fsp3) is 0.400. The molecule has 1 aliphatic heterocycles. The Balaban J connectivity index is 1.59. The number of benzene rings is 1. The van der Waals surface area contributed by atoms with E-state index in [1.807, 2.05) is 0 Å². The number of rotatable bonds is 4. The van der Waals surface area contributed by atoms with Crippen molar-refractivity contribution in [3.8, 4) is 0 Å². The SMILES string of the molecule is Cc1cc(C)cc(CN2CC(n3cc(C(=O)O)nn3)C2)c1. The summed E-state index contributed by atoms with van der Waals surface area (Å²) >= 11 is 0. The van der Waals surface area contributed by atoms with Crippen LogP contribution in [0.5, 0.6) is 0 Å². The highest BCUT2D eigenvalue weighted by atomic mass is 16.4. The molecular formula is C15H18N4O2. The van der Waals surface area contributed by atoms with Crippen molar-refractivity contribution in [3.63, 3.8) is 0 Å². The van der Waals surface area contributed by atoms with Crippen molar-refractivity contribution in [2.45, 2.75) is 26.4 Å². The lowest BCUT2D eigenvalue weighted by atomic mass is 10.0. The van der Waals surface area contributed by atoms with E-state index in [0.717, 1.165) is 19.6 Å². The molecule has 6 nitrogen and oxygen atoms in total. The van der Waals surface area contributed by atoms with E-state index < -0.39 is 5.97 Å². The molecule has 3 rings (SSSR count). The van der Waals surface area contributed by atoms with Crippen molar-refractivity contribution < 1.29 is 9.90 Å². The molecule has 21 heavy (non-hydrogen) atoms. The van der Waals surface area contributed by atoms with Crippen LogP contribution in [0.4, 0.5) is 0 Å². The van der Waals surface area contributed by atoms with Gasteiger partial charge in [0.25, 0.3) is 0 Å². The molecule has 0 bridgehead atoms. The summed E-state index contributed by atoms with van der Waals surface area (Å²) in [5.74, 6) is -1.03. The van der Waals surface area contributed by atoms with Gasteiger partial charge in [0.1, 0.15) is 0 Å². The van der Waals surface area contributed by atoms with Crippen LogP contribution >= 0.6 is 0 Å². The van der Waals surface area contributed by atoms with Gasteiger partial charge in [-0.05, 0) is 19.4 Å². The van der Waals surface area contributed by atoms with Crippen molar-refractivity contribution in [1.82, 2.24) is 19.9 Å². The van der Waals surface area contributed by atoms with E-state index in [2.05, 4.69) is 47.3 Å². The lowest BCUT2D eigenvalue weighted by molar-refractivity contribution is 0.0690. The molecule has 1 saturated heterocycles. The lowest BCUT2D eigenvalue weighted by Crippen LogP contribution is -2.47. The van der Waals surface area contributed by atoms with Crippen LogP contribution < -0.4 is 0 Å². The molecule has 110 valence electrons. The van der Waals surface area contributed by atoms with Crippen molar-refractivity contribution in [1.29, 1.82) is 0 Å². The number of carboxylic acids is 1. The molecule has 0 unspecified atom stereocenters. The summed E-state index contributed by atoms with van der Waals surface area (Å²) < 4.78 is 1.65. The number of hydrogen-bond donors (Lipinski definition) is 1. The van der Waals surface area contributed by atoms with Crippen LogP contribution in [0, 0.1) is 13.8 Å². The summed E-state index contributed by atoms with van der Waals surface area (Å²) in [5, 5.41) is 16.4. The van der Waals surface area contributed by atoms with E-state index in [1.54, 1.807) is 4.68 Å². The lowest BCUT2D eigenvalue weighted by Gasteiger charge is -2.39. The smallest absolute Gasteiger partial charge is 0.358 e. The zero-order valence-electron chi connectivity index (χ0n) is 12.2. The molecule has 6 heteroatoms. The summed E-state index contributed by atoms with van der Waals surface area (Å²) in [7, 11) is 0. The molecule has 2 heterocycles. The van der Waals surface area contributed by atoms with E-state index in [-0.39, 0.29) is 11.7 Å². The second-order valence-electron chi connectivity index (χ2n) is 5.73. The van der Waals surface area contributed by atoms with Gasteiger partial charge >= 0.3 is 5.97 Å². The first-order valence-corrected chi connectivity index (χ1v) is 6.96. The number of nitrogens with zero attached hydrogens (tertiary/aromatic N) is 4. The summed E-state index contributed by atoms with van der Waals surface area (Å²) in [6, 6.07) is 6.80. The maximum Gasteiger partial charge on any atom is 0.358 e. The Labute approximate surface area is 123 Å².